The zero-order chi connectivity index (χ0) is 16.9. The number of carbonyl (C=O) groups is 1. The Balaban J connectivity index is 1.98. The number of hydrogen-bond acceptors (Lipinski definition) is 3. The van der Waals surface area contributed by atoms with Crippen molar-refractivity contribution in [1.82, 2.24) is 4.90 Å². The van der Waals surface area contributed by atoms with Gasteiger partial charge in [-0.2, -0.15) is 0 Å². The fourth-order valence-electron chi connectivity index (χ4n) is 2.63. The fourth-order valence-corrected chi connectivity index (χ4v) is 3.25. The monoisotopic (exact) mass is 405 g/mol. The maximum absolute atomic E-state index is 12.7. The third-order valence-electron chi connectivity index (χ3n) is 3.90. The molecule has 0 amide bonds. The third kappa shape index (κ3) is 4.07. The van der Waals surface area contributed by atoms with Gasteiger partial charge in [0.05, 0.1) is 13.2 Å². The number of morpholine rings is 1. The van der Waals surface area contributed by atoms with Crippen LogP contribution < -0.4 is 0 Å². The Morgan fingerprint density at radius 2 is 1.75 bits per heavy atom. The summed E-state index contributed by atoms with van der Waals surface area (Å²) in [6.07, 6.45) is 1.70. The highest BCUT2D eigenvalue weighted by Crippen LogP contribution is 2.28. The minimum absolute atomic E-state index is 0.0380. The van der Waals surface area contributed by atoms with Crippen LogP contribution in [0.1, 0.15) is 15.9 Å². The Bertz CT molecular complexity index is 752. The molecule has 0 radical (unpaired) electrons. The van der Waals surface area contributed by atoms with Gasteiger partial charge in [0.15, 0.2) is 5.78 Å². The van der Waals surface area contributed by atoms with E-state index < -0.39 is 0 Å². The number of hydrogen-bond donors (Lipinski definition) is 0. The van der Waals surface area contributed by atoms with Crippen LogP contribution in [0.3, 0.4) is 0 Å². The van der Waals surface area contributed by atoms with Crippen molar-refractivity contribution in [2.45, 2.75) is 0 Å². The van der Waals surface area contributed by atoms with Crippen LogP contribution in [0.4, 0.5) is 0 Å². The van der Waals surface area contributed by atoms with Gasteiger partial charge in [-0.05, 0) is 30.3 Å². The minimum Gasteiger partial charge on any atom is -0.378 e. The number of carbonyl (C=O) groups excluding carboxylic acids is 1. The highest BCUT2D eigenvalue weighted by molar-refractivity contribution is 9.10. The molecule has 0 saturated carbocycles. The Morgan fingerprint density at radius 3 is 2.42 bits per heavy atom. The fraction of sp³-hybridized carbons (Fsp3) is 0.211. The molecule has 1 aliphatic rings. The minimum atomic E-state index is -0.0380. The normalized spacial score (nSPS) is 15.4. The van der Waals surface area contributed by atoms with Gasteiger partial charge in [0.2, 0.25) is 0 Å². The molecule has 3 rings (SSSR count). The molecule has 0 atom stereocenters. The second kappa shape index (κ2) is 7.97. The molecule has 1 aliphatic heterocycles. The SMILES string of the molecule is O=C(/C=C(\c1ccccc1Br)N1CCOCC1)c1ccc(Cl)cc1. The van der Waals surface area contributed by atoms with Gasteiger partial charge in [0.25, 0.3) is 0 Å². The van der Waals surface area contributed by atoms with Crippen LogP contribution >= 0.6 is 27.5 Å². The summed E-state index contributed by atoms with van der Waals surface area (Å²) in [7, 11) is 0. The topological polar surface area (TPSA) is 29.5 Å². The van der Waals surface area contributed by atoms with Crippen LogP contribution in [0, 0.1) is 0 Å². The summed E-state index contributed by atoms with van der Waals surface area (Å²) < 4.78 is 6.40. The highest BCUT2D eigenvalue weighted by atomic mass is 79.9. The number of allylic oxidation sites excluding steroid dienone is 1. The Morgan fingerprint density at radius 1 is 1.08 bits per heavy atom. The third-order valence-corrected chi connectivity index (χ3v) is 4.84. The maximum Gasteiger partial charge on any atom is 0.187 e. The summed E-state index contributed by atoms with van der Waals surface area (Å²) in [5.41, 5.74) is 2.53. The van der Waals surface area contributed by atoms with Gasteiger partial charge in [-0.15, -0.1) is 0 Å². The molecular formula is C19H17BrClNO2. The maximum atomic E-state index is 12.7. The predicted octanol–water partition coefficient (Wildman–Crippen LogP) is 4.66. The molecule has 0 spiro atoms. The summed E-state index contributed by atoms with van der Waals surface area (Å²) >= 11 is 9.50. The number of ketones is 1. The molecule has 24 heavy (non-hydrogen) atoms. The molecule has 2 aromatic rings. The van der Waals surface area contributed by atoms with Crippen molar-refractivity contribution in [1.29, 1.82) is 0 Å². The first-order chi connectivity index (χ1) is 11.6. The number of benzene rings is 2. The zero-order valence-electron chi connectivity index (χ0n) is 13.0. The van der Waals surface area contributed by atoms with Gasteiger partial charge in [-0.3, -0.25) is 4.79 Å². The van der Waals surface area contributed by atoms with Crippen molar-refractivity contribution in [2.75, 3.05) is 26.3 Å². The second-order valence-corrected chi connectivity index (χ2v) is 6.77. The summed E-state index contributed by atoms with van der Waals surface area (Å²) in [6, 6.07) is 14.9. The summed E-state index contributed by atoms with van der Waals surface area (Å²) in [4.78, 5) is 14.9. The van der Waals surface area contributed by atoms with Crippen molar-refractivity contribution in [3.8, 4) is 0 Å². The number of ether oxygens (including phenoxy) is 1. The van der Waals surface area contributed by atoms with E-state index in [4.69, 9.17) is 16.3 Å². The first-order valence-electron chi connectivity index (χ1n) is 7.74. The molecule has 124 valence electrons. The van der Waals surface area contributed by atoms with Crippen molar-refractivity contribution < 1.29 is 9.53 Å². The quantitative estimate of drug-likeness (QED) is 0.546. The van der Waals surface area contributed by atoms with E-state index in [1.807, 2.05) is 24.3 Å². The number of rotatable bonds is 4. The Kier molecular flexibility index (Phi) is 5.72. The molecule has 2 aromatic carbocycles. The average Bonchev–Trinajstić information content (AvgIpc) is 2.61. The lowest BCUT2D eigenvalue weighted by Gasteiger charge is -2.31. The smallest absolute Gasteiger partial charge is 0.187 e. The summed E-state index contributed by atoms with van der Waals surface area (Å²) in [5.74, 6) is -0.0380. The molecule has 1 heterocycles. The molecule has 0 N–H and O–H groups in total. The van der Waals surface area contributed by atoms with Crippen LogP contribution in [0.15, 0.2) is 59.1 Å². The van der Waals surface area contributed by atoms with E-state index in [9.17, 15) is 4.79 Å². The van der Waals surface area contributed by atoms with Gasteiger partial charge in [0, 0.05) is 45.5 Å². The molecule has 0 aliphatic carbocycles. The van der Waals surface area contributed by atoms with Crippen LogP contribution in [0.25, 0.3) is 5.70 Å². The van der Waals surface area contributed by atoms with E-state index >= 15 is 0 Å². The van der Waals surface area contributed by atoms with Crippen LogP contribution in [0.2, 0.25) is 5.02 Å². The lowest BCUT2D eigenvalue weighted by Crippen LogP contribution is -2.35. The van der Waals surface area contributed by atoms with Gasteiger partial charge in [-0.25, -0.2) is 0 Å². The first-order valence-corrected chi connectivity index (χ1v) is 8.91. The van der Waals surface area contributed by atoms with Crippen molar-refractivity contribution in [2.24, 2.45) is 0 Å². The summed E-state index contributed by atoms with van der Waals surface area (Å²) in [5, 5.41) is 0.620. The Hall–Kier alpha value is -1.62. The first kappa shape index (κ1) is 17.2. The zero-order valence-corrected chi connectivity index (χ0v) is 15.4. The lowest BCUT2D eigenvalue weighted by atomic mass is 10.1. The molecule has 1 fully saturated rings. The molecule has 0 unspecified atom stereocenters. The largest absolute Gasteiger partial charge is 0.378 e. The van der Waals surface area contributed by atoms with Gasteiger partial charge in [-0.1, -0.05) is 45.7 Å². The van der Waals surface area contributed by atoms with E-state index in [0.29, 0.717) is 23.8 Å². The molecular weight excluding hydrogens is 390 g/mol. The Labute approximate surface area is 155 Å². The van der Waals surface area contributed by atoms with Crippen molar-refractivity contribution >= 4 is 39.0 Å². The van der Waals surface area contributed by atoms with E-state index in [0.717, 1.165) is 28.8 Å². The van der Waals surface area contributed by atoms with E-state index in [2.05, 4.69) is 20.8 Å². The molecule has 0 bridgehead atoms. The van der Waals surface area contributed by atoms with Gasteiger partial charge < -0.3 is 9.64 Å². The molecule has 5 heteroatoms. The van der Waals surface area contributed by atoms with Gasteiger partial charge >= 0.3 is 0 Å². The molecule has 1 saturated heterocycles. The highest BCUT2D eigenvalue weighted by Gasteiger charge is 2.18. The molecule has 3 nitrogen and oxygen atoms in total. The standard InChI is InChI=1S/C19H17BrClNO2/c20-17-4-2-1-3-16(17)18(22-9-11-24-12-10-22)13-19(23)14-5-7-15(21)8-6-14/h1-8,13H,9-12H2/b18-13+. The van der Waals surface area contributed by atoms with Crippen LogP contribution in [-0.2, 0) is 4.74 Å². The van der Waals surface area contributed by atoms with E-state index in [1.165, 1.54) is 0 Å². The van der Waals surface area contributed by atoms with Crippen LogP contribution in [-0.4, -0.2) is 37.0 Å². The van der Waals surface area contributed by atoms with Crippen molar-refractivity contribution in [3.05, 3.63) is 75.2 Å². The van der Waals surface area contributed by atoms with Crippen LogP contribution in [0.5, 0.6) is 0 Å². The van der Waals surface area contributed by atoms with Crippen molar-refractivity contribution in [3.63, 3.8) is 0 Å². The lowest BCUT2D eigenvalue weighted by molar-refractivity contribution is 0.0637. The number of nitrogens with zero attached hydrogens (tertiary/aromatic N) is 1. The predicted molar refractivity (Wildman–Crippen MR) is 100 cm³/mol. The average molecular weight is 407 g/mol. The molecule has 0 aromatic heterocycles. The van der Waals surface area contributed by atoms with E-state index in [1.54, 1.807) is 30.3 Å². The second-order valence-electron chi connectivity index (χ2n) is 5.48. The van der Waals surface area contributed by atoms with E-state index in [-0.39, 0.29) is 5.78 Å². The summed E-state index contributed by atoms with van der Waals surface area (Å²) in [6.45, 7) is 2.86. The number of halogens is 2. The van der Waals surface area contributed by atoms with Gasteiger partial charge in [0.1, 0.15) is 0 Å².